The van der Waals surface area contributed by atoms with Gasteiger partial charge >= 0.3 is 0 Å². The van der Waals surface area contributed by atoms with Crippen LogP contribution >= 0.6 is 0 Å². The minimum atomic E-state index is -0.453. The zero-order valence-corrected chi connectivity index (χ0v) is 8.92. The van der Waals surface area contributed by atoms with Crippen molar-refractivity contribution in [2.75, 3.05) is 0 Å². The van der Waals surface area contributed by atoms with Gasteiger partial charge in [-0.3, -0.25) is 0 Å². The van der Waals surface area contributed by atoms with Crippen molar-refractivity contribution in [3.8, 4) is 0 Å². The molecule has 0 fully saturated rings. The van der Waals surface area contributed by atoms with Gasteiger partial charge < -0.3 is 5.11 Å². The van der Waals surface area contributed by atoms with Crippen molar-refractivity contribution >= 4 is 0 Å². The standard InChI is InChI=1S/C12H22O/c1-4-5-6-7-8-9-10-12(13)11(2)3/h9-10,12-13H,2,4-8H2,1,3H3/b10-9+/t12-/m1/s1. The van der Waals surface area contributed by atoms with Gasteiger partial charge in [-0.15, -0.1) is 0 Å². The van der Waals surface area contributed by atoms with E-state index in [4.69, 9.17) is 0 Å². The lowest BCUT2D eigenvalue weighted by Crippen LogP contribution is -2.01. The lowest BCUT2D eigenvalue weighted by atomic mass is 10.1. The van der Waals surface area contributed by atoms with E-state index in [2.05, 4.69) is 19.6 Å². The Morgan fingerprint density at radius 3 is 2.62 bits per heavy atom. The molecule has 0 unspecified atom stereocenters. The van der Waals surface area contributed by atoms with Crippen LogP contribution in [0.5, 0.6) is 0 Å². The molecule has 0 aliphatic heterocycles. The molecule has 1 N–H and O–H groups in total. The second-order valence-corrected chi connectivity index (χ2v) is 3.57. The van der Waals surface area contributed by atoms with Crippen molar-refractivity contribution in [2.24, 2.45) is 0 Å². The summed E-state index contributed by atoms with van der Waals surface area (Å²) < 4.78 is 0. The Morgan fingerprint density at radius 2 is 2.08 bits per heavy atom. The fourth-order valence-corrected chi connectivity index (χ4v) is 1.08. The van der Waals surface area contributed by atoms with E-state index in [1.54, 1.807) is 0 Å². The smallest absolute Gasteiger partial charge is 0.0926 e. The Bertz CT molecular complexity index is 159. The van der Waals surface area contributed by atoms with E-state index in [9.17, 15) is 5.11 Å². The predicted molar refractivity (Wildman–Crippen MR) is 58.7 cm³/mol. The van der Waals surface area contributed by atoms with Crippen LogP contribution in [-0.2, 0) is 0 Å². The fourth-order valence-electron chi connectivity index (χ4n) is 1.08. The van der Waals surface area contributed by atoms with E-state index in [-0.39, 0.29) is 0 Å². The lowest BCUT2D eigenvalue weighted by Gasteiger charge is -2.02. The molecule has 13 heavy (non-hydrogen) atoms. The summed E-state index contributed by atoms with van der Waals surface area (Å²) in [5.74, 6) is 0. The topological polar surface area (TPSA) is 20.2 Å². The Labute approximate surface area is 82.2 Å². The average Bonchev–Trinajstić information content (AvgIpc) is 2.10. The van der Waals surface area contributed by atoms with Crippen LogP contribution in [0.1, 0.15) is 46.0 Å². The van der Waals surface area contributed by atoms with Gasteiger partial charge in [-0.2, -0.15) is 0 Å². The quantitative estimate of drug-likeness (QED) is 0.472. The minimum absolute atomic E-state index is 0.453. The van der Waals surface area contributed by atoms with E-state index in [1.807, 2.05) is 13.0 Å². The van der Waals surface area contributed by atoms with Crippen LogP contribution in [0.4, 0.5) is 0 Å². The Balaban J connectivity index is 3.35. The van der Waals surface area contributed by atoms with Crippen LogP contribution in [0.15, 0.2) is 24.3 Å². The molecule has 0 rings (SSSR count). The summed E-state index contributed by atoms with van der Waals surface area (Å²) >= 11 is 0. The second-order valence-electron chi connectivity index (χ2n) is 3.57. The molecule has 1 heteroatoms. The predicted octanol–water partition coefficient (Wildman–Crippen LogP) is 3.45. The number of unbranched alkanes of at least 4 members (excludes halogenated alkanes) is 4. The summed E-state index contributed by atoms with van der Waals surface area (Å²) in [4.78, 5) is 0. The molecule has 0 aliphatic rings. The van der Waals surface area contributed by atoms with Crippen LogP contribution in [0.3, 0.4) is 0 Å². The molecule has 0 radical (unpaired) electrons. The van der Waals surface area contributed by atoms with Crippen LogP contribution < -0.4 is 0 Å². The number of hydrogen-bond acceptors (Lipinski definition) is 1. The number of allylic oxidation sites excluding steroid dienone is 1. The summed E-state index contributed by atoms with van der Waals surface area (Å²) in [6.45, 7) is 7.73. The number of hydrogen-bond donors (Lipinski definition) is 1. The summed E-state index contributed by atoms with van der Waals surface area (Å²) in [5.41, 5.74) is 0.810. The van der Waals surface area contributed by atoms with E-state index in [0.29, 0.717) is 0 Å². The Kier molecular flexibility index (Phi) is 7.71. The van der Waals surface area contributed by atoms with Gasteiger partial charge in [0.1, 0.15) is 0 Å². The van der Waals surface area contributed by atoms with Gasteiger partial charge in [0.2, 0.25) is 0 Å². The average molecular weight is 182 g/mol. The fraction of sp³-hybridized carbons (Fsp3) is 0.667. The molecule has 0 aromatic carbocycles. The molecule has 1 atom stereocenters. The molecule has 1 nitrogen and oxygen atoms in total. The maximum absolute atomic E-state index is 9.34. The first-order valence-corrected chi connectivity index (χ1v) is 5.18. The molecule has 0 amide bonds. The van der Waals surface area contributed by atoms with Crippen LogP contribution in [0, 0.1) is 0 Å². The van der Waals surface area contributed by atoms with E-state index in [1.165, 1.54) is 25.7 Å². The third-order valence-corrected chi connectivity index (χ3v) is 2.05. The van der Waals surface area contributed by atoms with Crippen LogP contribution in [0.25, 0.3) is 0 Å². The molecule has 0 aromatic heterocycles. The van der Waals surface area contributed by atoms with Gasteiger partial charge in [0, 0.05) is 0 Å². The van der Waals surface area contributed by atoms with Crippen molar-refractivity contribution in [2.45, 2.75) is 52.1 Å². The summed E-state index contributed by atoms with van der Waals surface area (Å²) in [6.07, 6.45) is 9.62. The lowest BCUT2D eigenvalue weighted by molar-refractivity contribution is 0.259. The second kappa shape index (κ2) is 8.06. The highest BCUT2D eigenvalue weighted by Gasteiger charge is 1.96. The molecular formula is C12H22O. The summed E-state index contributed by atoms with van der Waals surface area (Å²) in [6, 6.07) is 0. The van der Waals surface area contributed by atoms with Crippen molar-refractivity contribution in [1.82, 2.24) is 0 Å². The highest BCUT2D eigenvalue weighted by molar-refractivity contribution is 5.07. The molecule has 0 bridgehead atoms. The van der Waals surface area contributed by atoms with Crippen molar-refractivity contribution in [3.63, 3.8) is 0 Å². The Morgan fingerprint density at radius 1 is 1.38 bits per heavy atom. The number of aliphatic hydroxyl groups excluding tert-OH is 1. The zero-order chi connectivity index (χ0) is 10.1. The van der Waals surface area contributed by atoms with E-state index in [0.717, 1.165) is 12.0 Å². The van der Waals surface area contributed by atoms with Gasteiger partial charge in [0.05, 0.1) is 6.10 Å². The van der Waals surface area contributed by atoms with Gasteiger partial charge in [-0.05, 0) is 25.3 Å². The third kappa shape index (κ3) is 7.79. The molecule has 0 saturated heterocycles. The van der Waals surface area contributed by atoms with Gasteiger partial charge in [0.25, 0.3) is 0 Å². The highest BCUT2D eigenvalue weighted by atomic mass is 16.3. The molecule has 76 valence electrons. The molecule has 0 aliphatic carbocycles. The molecule has 0 heterocycles. The zero-order valence-electron chi connectivity index (χ0n) is 8.92. The Hall–Kier alpha value is -0.560. The number of aliphatic hydroxyl groups is 1. The largest absolute Gasteiger partial charge is 0.385 e. The van der Waals surface area contributed by atoms with Crippen molar-refractivity contribution in [1.29, 1.82) is 0 Å². The van der Waals surface area contributed by atoms with Gasteiger partial charge in [0.15, 0.2) is 0 Å². The first kappa shape index (κ1) is 12.4. The van der Waals surface area contributed by atoms with Crippen LogP contribution in [-0.4, -0.2) is 11.2 Å². The highest BCUT2D eigenvalue weighted by Crippen LogP contribution is 2.05. The molecular weight excluding hydrogens is 160 g/mol. The minimum Gasteiger partial charge on any atom is -0.385 e. The maximum Gasteiger partial charge on any atom is 0.0926 e. The maximum atomic E-state index is 9.34. The van der Waals surface area contributed by atoms with Gasteiger partial charge in [-0.1, -0.05) is 44.9 Å². The van der Waals surface area contributed by atoms with E-state index >= 15 is 0 Å². The molecule has 0 spiro atoms. The number of rotatable bonds is 7. The summed E-state index contributed by atoms with van der Waals surface area (Å²) in [7, 11) is 0. The molecule has 0 saturated carbocycles. The normalized spacial score (nSPS) is 13.5. The van der Waals surface area contributed by atoms with E-state index < -0.39 is 6.10 Å². The van der Waals surface area contributed by atoms with Crippen molar-refractivity contribution < 1.29 is 5.11 Å². The summed E-state index contributed by atoms with van der Waals surface area (Å²) in [5, 5.41) is 9.34. The van der Waals surface area contributed by atoms with Crippen molar-refractivity contribution in [3.05, 3.63) is 24.3 Å². The first-order valence-electron chi connectivity index (χ1n) is 5.18. The third-order valence-electron chi connectivity index (χ3n) is 2.05. The van der Waals surface area contributed by atoms with Gasteiger partial charge in [-0.25, -0.2) is 0 Å². The monoisotopic (exact) mass is 182 g/mol. The molecule has 0 aromatic rings. The SMILES string of the molecule is C=C(C)[C@H](O)/C=C/CCCCCC. The first-order chi connectivity index (χ1) is 6.18. The van der Waals surface area contributed by atoms with Crippen LogP contribution in [0.2, 0.25) is 0 Å².